The number of carbonyl (C=O) groups excluding carboxylic acids is 1. The van der Waals surface area contributed by atoms with Crippen molar-refractivity contribution in [3.8, 4) is 0 Å². The van der Waals surface area contributed by atoms with Gasteiger partial charge in [-0.05, 0) is 5.56 Å². The van der Waals surface area contributed by atoms with Crippen LogP contribution in [0.2, 0.25) is 6.04 Å². The second-order valence-corrected chi connectivity index (χ2v) is 7.24. The highest BCUT2D eigenvalue weighted by atomic mass is 28.4. The zero-order chi connectivity index (χ0) is 16.1. The van der Waals surface area contributed by atoms with Crippen molar-refractivity contribution in [3.05, 3.63) is 48.6 Å². The van der Waals surface area contributed by atoms with E-state index in [1.165, 1.54) is 0 Å². The molecule has 0 spiro atoms. The van der Waals surface area contributed by atoms with Crippen LogP contribution < -0.4 is 0 Å². The molecule has 0 radical (unpaired) electrons. The van der Waals surface area contributed by atoms with Crippen LogP contribution in [0.5, 0.6) is 0 Å². The summed E-state index contributed by atoms with van der Waals surface area (Å²) in [7, 11) is 2.65. The number of esters is 1. The average Bonchev–Trinajstić information content (AvgIpc) is 2.57. The van der Waals surface area contributed by atoms with Gasteiger partial charge in [0.15, 0.2) is 0 Å². The van der Waals surface area contributed by atoms with Gasteiger partial charge in [0.25, 0.3) is 0 Å². The van der Waals surface area contributed by atoms with Crippen LogP contribution in [-0.2, 0) is 29.4 Å². The Labute approximate surface area is 127 Å². The van der Waals surface area contributed by atoms with E-state index in [1.54, 1.807) is 21.3 Å². The second kappa shape index (κ2) is 11.2. The van der Waals surface area contributed by atoms with Crippen molar-refractivity contribution in [2.24, 2.45) is 0 Å². The van der Waals surface area contributed by atoms with Crippen LogP contribution >= 0.6 is 0 Å². The quantitative estimate of drug-likeness (QED) is 0.440. The number of hydrogen-bond donors (Lipinski definition) is 0. The highest BCUT2D eigenvalue weighted by molar-refractivity contribution is 6.60. The van der Waals surface area contributed by atoms with Gasteiger partial charge in [0.2, 0.25) is 0 Å². The first-order valence-corrected chi connectivity index (χ1v) is 8.49. The van der Waals surface area contributed by atoms with Crippen molar-refractivity contribution in [3.63, 3.8) is 0 Å². The van der Waals surface area contributed by atoms with Crippen molar-refractivity contribution in [2.45, 2.75) is 19.6 Å². The molecule has 118 valence electrons. The predicted molar refractivity (Wildman–Crippen MR) is 83.7 cm³/mol. The van der Waals surface area contributed by atoms with E-state index < -0.39 is 8.80 Å². The summed E-state index contributed by atoms with van der Waals surface area (Å²) in [5.74, 6) is -0.390. The molecule has 0 aromatic heterocycles. The summed E-state index contributed by atoms with van der Waals surface area (Å²) in [5, 5.41) is 0. The molecule has 0 saturated heterocycles. The van der Waals surface area contributed by atoms with Crippen LogP contribution in [0.15, 0.2) is 43.0 Å². The maximum atomic E-state index is 10.6. The summed E-state index contributed by atoms with van der Waals surface area (Å²) >= 11 is 0. The number of ether oxygens (including phenoxy) is 1. The van der Waals surface area contributed by atoms with Gasteiger partial charge in [0.05, 0.1) is 0 Å². The first-order valence-electron chi connectivity index (χ1n) is 6.56. The Balaban J connectivity index is 0.000000400. The molecule has 0 fully saturated rings. The monoisotopic (exact) mass is 312 g/mol. The maximum absolute atomic E-state index is 10.6. The van der Waals surface area contributed by atoms with Crippen molar-refractivity contribution >= 4 is 14.8 Å². The van der Waals surface area contributed by atoms with E-state index in [4.69, 9.17) is 18.0 Å². The first kappa shape index (κ1) is 19.5. The predicted octanol–water partition coefficient (Wildman–Crippen LogP) is 2.80. The molecule has 0 aliphatic heterocycles. The van der Waals surface area contributed by atoms with E-state index >= 15 is 0 Å². The highest BCUT2D eigenvalue weighted by Crippen LogP contribution is 2.10. The van der Waals surface area contributed by atoms with Gasteiger partial charge in [-0.1, -0.05) is 43.8 Å². The Morgan fingerprint density at radius 1 is 1.14 bits per heavy atom. The highest BCUT2D eigenvalue weighted by Gasteiger charge is 2.34. The smallest absolute Gasteiger partial charge is 0.458 e. The fourth-order valence-electron chi connectivity index (χ4n) is 1.47. The summed E-state index contributed by atoms with van der Waals surface area (Å²) in [6.07, 6.45) is 1.16. The maximum Gasteiger partial charge on any atom is 0.499 e. The molecule has 1 aromatic carbocycles. The van der Waals surface area contributed by atoms with Crippen LogP contribution in [0.3, 0.4) is 0 Å². The Kier molecular flexibility index (Phi) is 10.4. The van der Waals surface area contributed by atoms with Gasteiger partial charge in [-0.25, -0.2) is 4.79 Å². The molecule has 5 nitrogen and oxygen atoms in total. The zero-order valence-electron chi connectivity index (χ0n) is 13.1. The molecule has 1 rings (SSSR count). The molecular weight excluding hydrogens is 288 g/mol. The van der Waals surface area contributed by atoms with E-state index in [0.29, 0.717) is 6.61 Å². The fraction of sp³-hybridized carbons (Fsp3) is 0.400. The second-order valence-electron chi connectivity index (χ2n) is 3.95. The van der Waals surface area contributed by atoms with E-state index in [0.717, 1.165) is 17.7 Å². The summed E-state index contributed by atoms with van der Waals surface area (Å²) in [5.41, 5.74) is 0.979. The lowest BCUT2D eigenvalue weighted by molar-refractivity contribution is -0.138. The summed E-state index contributed by atoms with van der Waals surface area (Å²) in [4.78, 5) is 10.6. The van der Waals surface area contributed by atoms with Crippen LogP contribution in [0.25, 0.3) is 0 Å². The van der Waals surface area contributed by atoms with Gasteiger partial charge in [-0.15, -0.1) is 0 Å². The molecule has 1 aromatic rings. The molecule has 0 saturated carbocycles. The molecule has 6 heteroatoms. The molecule has 0 amide bonds. The van der Waals surface area contributed by atoms with Crippen LogP contribution in [-0.4, -0.2) is 36.1 Å². The molecule has 0 bridgehead atoms. The van der Waals surface area contributed by atoms with E-state index in [1.807, 2.05) is 37.3 Å². The number of rotatable bonds is 7. The molecule has 0 unspecified atom stereocenters. The Hall–Kier alpha value is -1.47. The minimum atomic E-state index is -2.19. The lowest BCUT2D eigenvalue weighted by Gasteiger charge is -2.22. The lowest BCUT2D eigenvalue weighted by Crippen LogP contribution is -2.41. The summed E-state index contributed by atoms with van der Waals surface area (Å²) in [6, 6.07) is 10.3. The molecule has 21 heavy (non-hydrogen) atoms. The molecular formula is C15H24O5Si. The van der Waals surface area contributed by atoms with Gasteiger partial charge in [-0.3, -0.25) is 0 Å². The van der Waals surface area contributed by atoms with E-state index in [-0.39, 0.29) is 5.97 Å². The number of hydrogen-bond acceptors (Lipinski definition) is 5. The van der Waals surface area contributed by atoms with Gasteiger partial charge in [-0.2, -0.15) is 0 Å². The molecule has 0 aliphatic carbocycles. The minimum Gasteiger partial charge on any atom is -0.458 e. The van der Waals surface area contributed by atoms with Gasteiger partial charge in [0, 0.05) is 33.4 Å². The summed E-state index contributed by atoms with van der Waals surface area (Å²) < 4.78 is 20.1. The normalized spacial score (nSPS) is 10.3. The van der Waals surface area contributed by atoms with Crippen molar-refractivity contribution in [1.29, 1.82) is 0 Å². The minimum absolute atomic E-state index is 0.311. The van der Waals surface area contributed by atoms with Gasteiger partial charge in [0.1, 0.15) is 6.61 Å². The SMILES string of the molecule is C=CC(=O)OCc1ccccc1.CC[Si](OC)(OC)OC. The zero-order valence-corrected chi connectivity index (χ0v) is 14.1. The Morgan fingerprint density at radius 3 is 2.00 bits per heavy atom. The van der Waals surface area contributed by atoms with E-state index in [2.05, 4.69) is 6.58 Å². The van der Waals surface area contributed by atoms with Crippen LogP contribution in [0.4, 0.5) is 0 Å². The third-order valence-corrected chi connectivity index (χ3v) is 5.49. The van der Waals surface area contributed by atoms with E-state index in [9.17, 15) is 4.79 Å². The molecule has 0 atom stereocenters. The Bertz CT molecular complexity index is 386. The van der Waals surface area contributed by atoms with Crippen molar-refractivity contribution < 1.29 is 22.8 Å². The summed E-state index contributed by atoms with van der Waals surface area (Å²) in [6.45, 7) is 5.60. The third kappa shape index (κ3) is 7.77. The first-order chi connectivity index (χ1) is 10.1. The largest absolute Gasteiger partial charge is 0.499 e. The molecule has 0 aliphatic rings. The Morgan fingerprint density at radius 2 is 1.67 bits per heavy atom. The van der Waals surface area contributed by atoms with Crippen molar-refractivity contribution in [2.75, 3.05) is 21.3 Å². The van der Waals surface area contributed by atoms with Gasteiger partial charge < -0.3 is 18.0 Å². The topological polar surface area (TPSA) is 54.0 Å². The van der Waals surface area contributed by atoms with Crippen molar-refractivity contribution in [1.82, 2.24) is 0 Å². The standard InChI is InChI=1S/C10H10O2.C5H14O3Si/c1-2-10(11)12-8-9-6-4-3-5-7-9;1-5-9(6-2,7-3)8-4/h2-7H,1,8H2;5H2,1-4H3. The fourth-order valence-corrected chi connectivity index (χ4v) is 2.84. The van der Waals surface area contributed by atoms with Crippen LogP contribution in [0.1, 0.15) is 12.5 Å². The third-order valence-electron chi connectivity index (χ3n) is 2.76. The van der Waals surface area contributed by atoms with Crippen LogP contribution in [0, 0.1) is 0 Å². The molecule has 0 N–H and O–H groups in total. The van der Waals surface area contributed by atoms with Gasteiger partial charge >= 0.3 is 14.8 Å². The number of carbonyl (C=O) groups is 1. The molecule has 0 heterocycles. The number of benzene rings is 1. The lowest BCUT2D eigenvalue weighted by atomic mass is 10.2. The average molecular weight is 312 g/mol.